The quantitative estimate of drug-likeness (QED) is 0.807. The minimum absolute atomic E-state index is 0.197. The number of hydrogen-bond donors (Lipinski definition) is 1. The van der Waals surface area contributed by atoms with E-state index >= 15 is 0 Å². The number of benzene rings is 1. The van der Waals surface area contributed by atoms with Gasteiger partial charge in [0.15, 0.2) is 0 Å². The predicted octanol–water partition coefficient (Wildman–Crippen LogP) is 3.66. The summed E-state index contributed by atoms with van der Waals surface area (Å²) in [4.78, 5) is 0. The fourth-order valence-corrected chi connectivity index (χ4v) is 2.03. The third kappa shape index (κ3) is 3.84. The molecule has 0 aliphatic heterocycles. The highest BCUT2D eigenvalue weighted by Gasteiger charge is 2.20. The van der Waals surface area contributed by atoms with E-state index in [9.17, 15) is 0 Å². The van der Waals surface area contributed by atoms with E-state index in [0.29, 0.717) is 0 Å². The van der Waals surface area contributed by atoms with Gasteiger partial charge in [0.25, 0.3) is 0 Å². The van der Waals surface area contributed by atoms with Crippen molar-refractivity contribution in [1.29, 1.82) is 0 Å². The van der Waals surface area contributed by atoms with Crippen LogP contribution in [0, 0.1) is 0 Å². The predicted molar refractivity (Wildman–Crippen MR) is 67.5 cm³/mol. The summed E-state index contributed by atoms with van der Waals surface area (Å²) in [5, 5.41) is 4.22. The van der Waals surface area contributed by atoms with Gasteiger partial charge in [-0.2, -0.15) is 0 Å². The van der Waals surface area contributed by atoms with Gasteiger partial charge < -0.3 is 5.32 Å². The highest BCUT2D eigenvalue weighted by atomic mass is 35.5. The molecule has 1 atom stereocenters. The maximum Gasteiger partial charge on any atom is 0.0406 e. The standard InChI is InChI=1S/C13H20ClN/c1-4-9-13(2,15-3)10-11-5-7-12(14)8-6-11/h5-8,15H,4,9-10H2,1-3H3. The molecule has 1 unspecified atom stereocenters. The Morgan fingerprint density at radius 1 is 1.27 bits per heavy atom. The van der Waals surface area contributed by atoms with Crippen molar-refractivity contribution in [2.45, 2.75) is 38.6 Å². The van der Waals surface area contributed by atoms with E-state index in [1.165, 1.54) is 18.4 Å². The smallest absolute Gasteiger partial charge is 0.0406 e. The minimum Gasteiger partial charge on any atom is -0.314 e. The van der Waals surface area contributed by atoms with Crippen LogP contribution in [0.4, 0.5) is 0 Å². The van der Waals surface area contributed by atoms with Crippen molar-refractivity contribution in [3.63, 3.8) is 0 Å². The van der Waals surface area contributed by atoms with Crippen molar-refractivity contribution in [3.05, 3.63) is 34.9 Å². The summed E-state index contributed by atoms with van der Waals surface area (Å²) in [5.41, 5.74) is 1.53. The van der Waals surface area contributed by atoms with Gasteiger partial charge in [0.05, 0.1) is 0 Å². The summed E-state index contributed by atoms with van der Waals surface area (Å²) in [6, 6.07) is 8.12. The van der Waals surface area contributed by atoms with Crippen molar-refractivity contribution in [1.82, 2.24) is 5.32 Å². The molecule has 0 saturated heterocycles. The van der Waals surface area contributed by atoms with Crippen LogP contribution in [0.15, 0.2) is 24.3 Å². The molecule has 0 amide bonds. The average Bonchev–Trinajstić information content (AvgIpc) is 2.22. The van der Waals surface area contributed by atoms with Crippen LogP contribution in [-0.4, -0.2) is 12.6 Å². The molecular weight excluding hydrogens is 206 g/mol. The topological polar surface area (TPSA) is 12.0 Å². The van der Waals surface area contributed by atoms with E-state index in [1.54, 1.807) is 0 Å². The maximum absolute atomic E-state index is 5.86. The number of rotatable bonds is 5. The van der Waals surface area contributed by atoms with Gasteiger partial charge in [-0.1, -0.05) is 37.1 Å². The molecular formula is C13H20ClN. The summed E-state index contributed by atoms with van der Waals surface area (Å²) in [5.74, 6) is 0. The number of hydrogen-bond acceptors (Lipinski definition) is 1. The Balaban J connectivity index is 2.70. The lowest BCUT2D eigenvalue weighted by atomic mass is 9.89. The Bertz CT molecular complexity index is 294. The van der Waals surface area contributed by atoms with Crippen molar-refractivity contribution >= 4 is 11.6 Å². The van der Waals surface area contributed by atoms with Crippen molar-refractivity contribution in [2.75, 3.05) is 7.05 Å². The van der Waals surface area contributed by atoms with Gasteiger partial charge in [-0.25, -0.2) is 0 Å². The number of halogens is 1. The fourth-order valence-electron chi connectivity index (χ4n) is 1.91. The van der Waals surface area contributed by atoms with Crippen LogP contribution < -0.4 is 5.32 Å². The lowest BCUT2D eigenvalue weighted by Gasteiger charge is -2.29. The van der Waals surface area contributed by atoms with E-state index in [-0.39, 0.29) is 5.54 Å². The largest absolute Gasteiger partial charge is 0.314 e. The fraction of sp³-hybridized carbons (Fsp3) is 0.538. The Kier molecular flexibility index (Phi) is 4.62. The van der Waals surface area contributed by atoms with Gasteiger partial charge in [0.1, 0.15) is 0 Å². The maximum atomic E-state index is 5.86. The summed E-state index contributed by atoms with van der Waals surface area (Å²) >= 11 is 5.86. The van der Waals surface area contributed by atoms with Crippen LogP contribution in [0.5, 0.6) is 0 Å². The molecule has 1 aromatic rings. The van der Waals surface area contributed by atoms with Gasteiger partial charge >= 0.3 is 0 Å². The summed E-state index contributed by atoms with van der Waals surface area (Å²) < 4.78 is 0. The van der Waals surface area contributed by atoms with Crippen molar-refractivity contribution in [2.24, 2.45) is 0 Å². The molecule has 0 aromatic heterocycles. The first-order valence-electron chi connectivity index (χ1n) is 5.53. The molecule has 1 rings (SSSR count). The number of likely N-dealkylation sites (N-methyl/N-ethyl adjacent to an activating group) is 1. The average molecular weight is 226 g/mol. The normalized spacial score (nSPS) is 14.9. The van der Waals surface area contributed by atoms with E-state index in [4.69, 9.17) is 11.6 Å². The molecule has 0 fully saturated rings. The van der Waals surface area contributed by atoms with Crippen LogP contribution in [0.3, 0.4) is 0 Å². The molecule has 0 saturated carbocycles. The molecule has 84 valence electrons. The second-order valence-electron chi connectivity index (χ2n) is 4.36. The first-order valence-corrected chi connectivity index (χ1v) is 5.91. The molecule has 0 aliphatic carbocycles. The van der Waals surface area contributed by atoms with E-state index < -0.39 is 0 Å². The second kappa shape index (κ2) is 5.53. The molecule has 1 N–H and O–H groups in total. The molecule has 0 radical (unpaired) electrons. The third-order valence-electron chi connectivity index (χ3n) is 2.91. The first kappa shape index (κ1) is 12.5. The highest BCUT2D eigenvalue weighted by Crippen LogP contribution is 2.19. The van der Waals surface area contributed by atoms with Gasteiger partial charge in [0.2, 0.25) is 0 Å². The summed E-state index contributed by atoms with van der Waals surface area (Å²) in [7, 11) is 2.03. The lowest BCUT2D eigenvalue weighted by Crippen LogP contribution is -2.41. The molecule has 0 bridgehead atoms. The second-order valence-corrected chi connectivity index (χ2v) is 4.80. The van der Waals surface area contributed by atoms with Crippen LogP contribution in [0.2, 0.25) is 5.02 Å². The Labute approximate surface area is 97.8 Å². The van der Waals surface area contributed by atoms with Crippen molar-refractivity contribution < 1.29 is 0 Å². The molecule has 2 heteroatoms. The van der Waals surface area contributed by atoms with Gasteiger partial charge in [-0.15, -0.1) is 0 Å². The van der Waals surface area contributed by atoms with Crippen LogP contribution in [0.1, 0.15) is 32.3 Å². The molecule has 0 aliphatic rings. The highest BCUT2D eigenvalue weighted by molar-refractivity contribution is 6.30. The van der Waals surface area contributed by atoms with E-state index in [1.807, 2.05) is 19.2 Å². The monoisotopic (exact) mass is 225 g/mol. The van der Waals surface area contributed by atoms with E-state index in [2.05, 4.69) is 31.3 Å². The first-order chi connectivity index (χ1) is 7.09. The van der Waals surface area contributed by atoms with Crippen LogP contribution >= 0.6 is 11.6 Å². The molecule has 1 aromatic carbocycles. The molecule has 15 heavy (non-hydrogen) atoms. The Morgan fingerprint density at radius 2 is 1.87 bits per heavy atom. The van der Waals surface area contributed by atoms with Crippen LogP contribution in [0.25, 0.3) is 0 Å². The Hall–Kier alpha value is -0.530. The van der Waals surface area contributed by atoms with E-state index in [0.717, 1.165) is 11.4 Å². The van der Waals surface area contributed by atoms with Gasteiger partial charge in [0, 0.05) is 10.6 Å². The zero-order valence-electron chi connectivity index (χ0n) is 9.81. The third-order valence-corrected chi connectivity index (χ3v) is 3.16. The molecule has 1 nitrogen and oxygen atoms in total. The minimum atomic E-state index is 0.197. The zero-order valence-corrected chi connectivity index (χ0v) is 10.6. The molecule has 0 heterocycles. The summed E-state index contributed by atoms with van der Waals surface area (Å²) in [6.45, 7) is 4.49. The lowest BCUT2D eigenvalue weighted by molar-refractivity contribution is 0.351. The zero-order chi connectivity index (χ0) is 11.3. The Morgan fingerprint density at radius 3 is 2.33 bits per heavy atom. The van der Waals surface area contributed by atoms with Gasteiger partial charge in [-0.05, 0) is 44.5 Å². The van der Waals surface area contributed by atoms with Gasteiger partial charge in [-0.3, -0.25) is 0 Å². The molecule has 0 spiro atoms. The van der Waals surface area contributed by atoms with Crippen LogP contribution in [-0.2, 0) is 6.42 Å². The number of nitrogens with one attached hydrogen (secondary N) is 1. The SMILES string of the molecule is CCCC(C)(Cc1ccc(Cl)cc1)NC. The summed E-state index contributed by atoms with van der Waals surface area (Å²) in [6.07, 6.45) is 3.44. The van der Waals surface area contributed by atoms with Crippen molar-refractivity contribution in [3.8, 4) is 0 Å².